The van der Waals surface area contributed by atoms with Crippen molar-refractivity contribution in [3.63, 3.8) is 0 Å². The Kier molecular flexibility index (Phi) is 4.42. The number of aromatic nitrogens is 2. The second-order valence-electron chi connectivity index (χ2n) is 4.91. The van der Waals surface area contributed by atoms with Gasteiger partial charge in [0.15, 0.2) is 0 Å². The van der Waals surface area contributed by atoms with Crippen LogP contribution in [0.5, 0.6) is 0 Å². The molecule has 6 nitrogen and oxygen atoms in total. The fourth-order valence-electron chi connectivity index (χ4n) is 2.29. The van der Waals surface area contributed by atoms with E-state index in [4.69, 9.17) is 0 Å². The zero-order valence-corrected chi connectivity index (χ0v) is 12.4. The first-order valence-electron chi connectivity index (χ1n) is 6.86. The average molecular weight is 303 g/mol. The summed E-state index contributed by atoms with van der Waals surface area (Å²) in [6.07, 6.45) is 3.34. The fraction of sp³-hybridized carbons (Fsp3) is 0.357. The number of carbonyl (C=O) groups excluding carboxylic acids is 1. The van der Waals surface area contributed by atoms with Crippen molar-refractivity contribution in [1.29, 1.82) is 0 Å². The lowest BCUT2D eigenvalue weighted by atomic mass is 10.3. The van der Waals surface area contributed by atoms with Crippen molar-refractivity contribution >= 4 is 23.1 Å². The van der Waals surface area contributed by atoms with Crippen LogP contribution < -0.4 is 5.32 Å². The van der Waals surface area contributed by atoms with E-state index in [9.17, 15) is 4.79 Å². The Hall–Kier alpha value is -1.99. The second-order valence-corrected chi connectivity index (χ2v) is 5.63. The van der Waals surface area contributed by atoms with Crippen LogP contribution in [0.1, 0.15) is 5.69 Å². The number of pyridine rings is 1. The highest BCUT2D eigenvalue weighted by Gasteiger charge is 2.21. The number of hydrogen-bond donors (Lipinski definition) is 1. The Morgan fingerprint density at radius 2 is 2.19 bits per heavy atom. The van der Waals surface area contributed by atoms with Crippen LogP contribution in [-0.2, 0) is 6.54 Å². The summed E-state index contributed by atoms with van der Waals surface area (Å²) in [5.41, 5.74) is 3.69. The standard InChI is InChI=1S/C14H17N5OS/c20-14(17-12-2-1-3-15-8-12)19-6-4-18(5-7-19)9-13-10-21-11-16-13/h1-3,8,10-11H,4-7,9H2,(H,17,20). The molecule has 7 heteroatoms. The van der Waals surface area contributed by atoms with Gasteiger partial charge in [0.2, 0.25) is 0 Å². The zero-order chi connectivity index (χ0) is 14.5. The van der Waals surface area contributed by atoms with Crippen molar-refractivity contribution in [2.45, 2.75) is 6.54 Å². The highest BCUT2D eigenvalue weighted by Crippen LogP contribution is 2.10. The first-order chi connectivity index (χ1) is 10.3. The Bertz CT molecular complexity index is 566. The smallest absolute Gasteiger partial charge is 0.321 e. The average Bonchev–Trinajstić information content (AvgIpc) is 3.02. The minimum absolute atomic E-state index is 0.0590. The molecule has 1 aliphatic rings. The van der Waals surface area contributed by atoms with E-state index in [0.29, 0.717) is 0 Å². The van der Waals surface area contributed by atoms with Gasteiger partial charge in [-0.05, 0) is 12.1 Å². The highest BCUT2D eigenvalue weighted by molar-refractivity contribution is 7.07. The van der Waals surface area contributed by atoms with E-state index in [-0.39, 0.29) is 6.03 Å². The van der Waals surface area contributed by atoms with E-state index in [2.05, 4.69) is 25.6 Å². The molecule has 0 atom stereocenters. The van der Waals surface area contributed by atoms with Crippen molar-refractivity contribution in [1.82, 2.24) is 19.8 Å². The third-order valence-corrected chi connectivity index (χ3v) is 4.08. The van der Waals surface area contributed by atoms with Gasteiger partial charge in [0.1, 0.15) is 0 Å². The summed E-state index contributed by atoms with van der Waals surface area (Å²) in [6.45, 7) is 4.07. The molecule has 0 aromatic carbocycles. The number of urea groups is 1. The predicted molar refractivity (Wildman–Crippen MR) is 82.2 cm³/mol. The fourth-order valence-corrected chi connectivity index (χ4v) is 2.84. The molecule has 3 heterocycles. The Balaban J connectivity index is 1.48. The highest BCUT2D eigenvalue weighted by atomic mass is 32.1. The molecule has 1 saturated heterocycles. The van der Waals surface area contributed by atoms with Gasteiger partial charge in [0, 0.05) is 44.3 Å². The molecule has 2 aromatic rings. The van der Waals surface area contributed by atoms with Gasteiger partial charge in [-0.15, -0.1) is 11.3 Å². The van der Waals surface area contributed by atoms with Gasteiger partial charge in [0.05, 0.1) is 23.1 Å². The third-order valence-electron chi connectivity index (χ3n) is 3.44. The molecule has 1 N–H and O–H groups in total. The molecule has 3 rings (SSSR count). The summed E-state index contributed by atoms with van der Waals surface area (Å²) < 4.78 is 0. The van der Waals surface area contributed by atoms with Crippen LogP contribution in [0, 0.1) is 0 Å². The molecule has 21 heavy (non-hydrogen) atoms. The lowest BCUT2D eigenvalue weighted by Gasteiger charge is -2.34. The summed E-state index contributed by atoms with van der Waals surface area (Å²) in [6, 6.07) is 3.58. The van der Waals surface area contributed by atoms with Gasteiger partial charge >= 0.3 is 6.03 Å². The number of piperazine rings is 1. The predicted octanol–water partition coefficient (Wildman–Crippen LogP) is 1.89. The van der Waals surface area contributed by atoms with E-state index in [1.54, 1.807) is 29.8 Å². The summed E-state index contributed by atoms with van der Waals surface area (Å²) >= 11 is 1.62. The van der Waals surface area contributed by atoms with Crippen molar-refractivity contribution in [3.05, 3.63) is 41.1 Å². The van der Waals surface area contributed by atoms with Crippen molar-refractivity contribution in [3.8, 4) is 0 Å². The summed E-state index contributed by atoms with van der Waals surface area (Å²) in [7, 11) is 0. The maximum atomic E-state index is 12.1. The first-order valence-corrected chi connectivity index (χ1v) is 7.81. The molecule has 0 saturated carbocycles. The molecule has 0 radical (unpaired) electrons. The quantitative estimate of drug-likeness (QED) is 0.940. The van der Waals surface area contributed by atoms with Gasteiger partial charge in [-0.3, -0.25) is 9.88 Å². The summed E-state index contributed by atoms with van der Waals surface area (Å²) in [4.78, 5) is 24.6. The van der Waals surface area contributed by atoms with Crippen molar-refractivity contribution < 1.29 is 4.79 Å². The number of nitrogens with one attached hydrogen (secondary N) is 1. The van der Waals surface area contributed by atoms with E-state index in [0.717, 1.165) is 44.1 Å². The molecule has 0 unspecified atom stereocenters. The van der Waals surface area contributed by atoms with Crippen molar-refractivity contribution in [2.24, 2.45) is 0 Å². The van der Waals surface area contributed by atoms with Gasteiger partial charge in [-0.25, -0.2) is 9.78 Å². The monoisotopic (exact) mass is 303 g/mol. The molecule has 0 aliphatic carbocycles. The van der Waals surface area contributed by atoms with Gasteiger partial charge in [-0.1, -0.05) is 0 Å². The van der Waals surface area contributed by atoms with E-state index in [1.807, 2.05) is 16.5 Å². The molecule has 110 valence electrons. The maximum Gasteiger partial charge on any atom is 0.321 e. The first kappa shape index (κ1) is 14.0. The van der Waals surface area contributed by atoms with Crippen LogP contribution in [0.2, 0.25) is 0 Å². The van der Waals surface area contributed by atoms with E-state index in [1.165, 1.54) is 0 Å². The number of hydrogen-bond acceptors (Lipinski definition) is 5. The largest absolute Gasteiger partial charge is 0.322 e. The molecule has 1 aliphatic heterocycles. The lowest BCUT2D eigenvalue weighted by Crippen LogP contribution is -2.49. The van der Waals surface area contributed by atoms with E-state index < -0.39 is 0 Å². The Morgan fingerprint density at radius 3 is 2.86 bits per heavy atom. The van der Waals surface area contributed by atoms with Gasteiger partial charge in [0.25, 0.3) is 0 Å². The number of amides is 2. The third kappa shape index (κ3) is 3.77. The molecular weight excluding hydrogens is 286 g/mol. The maximum absolute atomic E-state index is 12.1. The van der Waals surface area contributed by atoms with Crippen LogP contribution in [-0.4, -0.2) is 52.0 Å². The molecule has 2 amide bonds. The Morgan fingerprint density at radius 1 is 1.33 bits per heavy atom. The Labute approximate surface area is 127 Å². The van der Waals surface area contributed by atoms with E-state index >= 15 is 0 Å². The van der Waals surface area contributed by atoms with Gasteiger partial charge in [-0.2, -0.15) is 0 Å². The number of thiazole rings is 1. The minimum Gasteiger partial charge on any atom is -0.322 e. The number of nitrogens with zero attached hydrogens (tertiary/aromatic N) is 4. The summed E-state index contributed by atoms with van der Waals surface area (Å²) in [5, 5.41) is 4.94. The normalized spacial score (nSPS) is 15.9. The van der Waals surface area contributed by atoms with Crippen LogP contribution in [0.3, 0.4) is 0 Å². The summed E-state index contributed by atoms with van der Waals surface area (Å²) in [5.74, 6) is 0. The van der Waals surface area contributed by atoms with Gasteiger partial charge < -0.3 is 10.2 Å². The molecular formula is C14H17N5OS. The number of rotatable bonds is 3. The minimum atomic E-state index is -0.0590. The molecule has 2 aromatic heterocycles. The SMILES string of the molecule is O=C(Nc1cccnc1)N1CCN(Cc2cscn2)CC1. The topological polar surface area (TPSA) is 61.4 Å². The number of carbonyl (C=O) groups is 1. The second kappa shape index (κ2) is 6.64. The lowest BCUT2D eigenvalue weighted by molar-refractivity contribution is 0.142. The van der Waals surface area contributed by atoms with Crippen LogP contribution in [0.15, 0.2) is 35.4 Å². The number of anilines is 1. The zero-order valence-electron chi connectivity index (χ0n) is 11.6. The van der Waals surface area contributed by atoms with Crippen LogP contribution >= 0.6 is 11.3 Å². The molecule has 1 fully saturated rings. The van der Waals surface area contributed by atoms with Crippen LogP contribution in [0.4, 0.5) is 10.5 Å². The molecule has 0 spiro atoms. The van der Waals surface area contributed by atoms with Crippen molar-refractivity contribution in [2.75, 3.05) is 31.5 Å². The van der Waals surface area contributed by atoms with Crippen LogP contribution in [0.25, 0.3) is 0 Å². The molecule has 0 bridgehead atoms.